The van der Waals surface area contributed by atoms with Gasteiger partial charge in [-0.3, -0.25) is 9.05 Å². The van der Waals surface area contributed by atoms with Crippen molar-refractivity contribution in [3.63, 3.8) is 0 Å². The van der Waals surface area contributed by atoms with Crippen molar-refractivity contribution in [2.24, 2.45) is 0 Å². The Morgan fingerprint density at radius 3 is 1.74 bits per heavy atom. The van der Waals surface area contributed by atoms with Crippen LogP contribution in [0.3, 0.4) is 0 Å². The highest BCUT2D eigenvalue weighted by molar-refractivity contribution is 7.99. The molecule has 0 fully saturated rings. The second-order valence-corrected chi connectivity index (χ2v) is 12.5. The van der Waals surface area contributed by atoms with Crippen molar-refractivity contribution in [2.75, 3.05) is 12.4 Å². The summed E-state index contributed by atoms with van der Waals surface area (Å²) >= 11 is 1.85. The Hall–Kier alpha value is -0.230. The standard InChI is InChI=1S/C27H55O6PS/c1-5-8-10-12-14-15-16-17-19-21-24-35-26(22-20-18-13-11-9-6-2)25(4)32-34(30,31-23-7-3)33-27(28)29/h25-26H,5-24H2,1-4H3,(H,28,29). The highest BCUT2D eigenvalue weighted by Gasteiger charge is 2.35. The molecule has 35 heavy (non-hydrogen) atoms. The lowest BCUT2D eigenvalue weighted by Gasteiger charge is -2.26. The van der Waals surface area contributed by atoms with Crippen LogP contribution in [0, 0.1) is 0 Å². The van der Waals surface area contributed by atoms with E-state index in [0.29, 0.717) is 6.42 Å². The predicted molar refractivity (Wildman–Crippen MR) is 150 cm³/mol. The largest absolute Gasteiger partial charge is 0.534 e. The minimum Gasteiger partial charge on any atom is -0.449 e. The topological polar surface area (TPSA) is 82.1 Å². The van der Waals surface area contributed by atoms with E-state index in [1.165, 1.54) is 89.9 Å². The van der Waals surface area contributed by atoms with Crippen LogP contribution in [-0.4, -0.2) is 35.0 Å². The fourth-order valence-corrected chi connectivity index (χ4v) is 6.78. The molecule has 0 saturated heterocycles. The van der Waals surface area contributed by atoms with Crippen LogP contribution in [0.4, 0.5) is 4.79 Å². The second kappa shape index (κ2) is 24.1. The number of unbranched alkanes of at least 4 members (excludes halogenated alkanes) is 14. The summed E-state index contributed by atoms with van der Waals surface area (Å²) in [5.74, 6) is 1.03. The molecule has 0 rings (SSSR count). The summed E-state index contributed by atoms with van der Waals surface area (Å²) < 4.78 is 28.3. The predicted octanol–water partition coefficient (Wildman–Crippen LogP) is 10.4. The number of rotatable bonds is 26. The molecule has 0 bridgehead atoms. The van der Waals surface area contributed by atoms with E-state index in [1.54, 1.807) is 0 Å². The zero-order valence-electron chi connectivity index (χ0n) is 23.1. The Morgan fingerprint density at radius 2 is 1.26 bits per heavy atom. The van der Waals surface area contributed by atoms with Gasteiger partial charge in [-0.25, -0.2) is 9.36 Å². The molecular weight excluding hydrogens is 483 g/mol. The summed E-state index contributed by atoms with van der Waals surface area (Å²) in [5, 5.41) is 9.14. The summed E-state index contributed by atoms with van der Waals surface area (Å²) in [7, 11) is -4.14. The average molecular weight is 539 g/mol. The lowest BCUT2D eigenvalue weighted by Crippen LogP contribution is -2.24. The minimum atomic E-state index is -4.14. The minimum absolute atomic E-state index is 0.130. The summed E-state index contributed by atoms with van der Waals surface area (Å²) in [5.41, 5.74) is 0. The van der Waals surface area contributed by atoms with Crippen molar-refractivity contribution in [2.45, 2.75) is 155 Å². The molecule has 6 nitrogen and oxygen atoms in total. The van der Waals surface area contributed by atoms with Gasteiger partial charge in [0.2, 0.25) is 0 Å². The van der Waals surface area contributed by atoms with Crippen LogP contribution in [0.15, 0.2) is 0 Å². The Morgan fingerprint density at radius 1 is 0.771 bits per heavy atom. The molecule has 0 amide bonds. The Balaban J connectivity index is 4.54. The van der Waals surface area contributed by atoms with Crippen LogP contribution in [0.2, 0.25) is 0 Å². The van der Waals surface area contributed by atoms with Gasteiger partial charge in [-0.15, -0.1) is 0 Å². The van der Waals surface area contributed by atoms with Gasteiger partial charge < -0.3 is 9.63 Å². The number of carboxylic acid groups (broad SMARTS) is 1. The molecule has 3 unspecified atom stereocenters. The molecule has 8 heteroatoms. The summed E-state index contributed by atoms with van der Waals surface area (Å²) in [6.07, 6.45) is 19.9. The third kappa shape index (κ3) is 21.6. The molecule has 0 heterocycles. The first-order valence-corrected chi connectivity index (χ1v) is 16.9. The first-order chi connectivity index (χ1) is 16.9. The average Bonchev–Trinajstić information content (AvgIpc) is 2.81. The zero-order chi connectivity index (χ0) is 26.2. The summed E-state index contributed by atoms with van der Waals surface area (Å²) in [6.45, 7) is 8.33. The molecule has 0 radical (unpaired) electrons. The van der Waals surface area contributed by atoms with Crippen LogP contribution < -0.4 is 0 Å². The molecule has 210 valence electrons. The zero-order valence-corrected chi connectivity index (χ0v) is 24.9. The lowest BCUT2D eigenvalue weighted by molar-refractivity contribution is 0.0764. The monoisotopic (exact) mass is 538 g/mol. The highest BCUT2D eigenvalue weighted by atomic mass is 32.2. The van der Waals surface area contributed by atoms with Gasteiger partial charge in [0.05, 0.1) is 12.7 Å². The second-order valence-electron chi connectivity index (χ2n) is 9.60. The number of hydrogen-bond donors (Lipinski definition) is 1. The number of phosphoric acid groups is 1. The van der Waals surface area contributed by atoms with Crippen molar-refractivity contribution >= 4 is 25.7 Å². The first-order valence-electron chi connectivity index (χ1n) is 14.4. The van der Waals surface area contributed by atoms with Gasteiger partial charge in [0.25, 0.3) is 0 Å². The summed E-state index contributed by atoms with van der Waals surface area (Å²) in [4.78, 5) is 11.1. The van der Waals surface area contributed by atoms with E-state index in [0.717, 1.165) is 25.0 Å². The molecule has 0 saturated carbocycles. The van der Waals surface area contributed by atoms with Crippen LogP contribution >= 0.6 is 19.6 Å². The quantitative estimate of drug-likeness (QED) is 0.0866. The number of thioether (sulfide) groups is 1. The van der Waals surface area contributed by atoms with Crippen molar-refractivity contribution < 1.29 is 28.0 Å². The molecule has 0 aliphatic rings. The Bertz CT molecular complexity index is 534. The maximum atomic E-state index is 12.8. The van der Waals surface area contributed by atoms with Crippen LogP contribution in [0.1, 0.15) is 143 Å². The van der Waals surface area contributed by atoms with Gasteiger partial charge >= 0.3 is 14.0 Å². The van der Waals surface area contributed by atoms with Gasteiger partial charge in [0.15, 0.2) is 0 Å². The fraction of sp³-hybridized carbons (Fsp3) is 0.963. The van der Waals surface area contributed by atoms with E-state index >= 15 is 0 Å². The third-order valence-corrected chi connectivity index (χ3v) is 9.18. The number of hydrogen-bond acceptors (Lipinski definition) is 6. The van der Waals surface area contributed by atoms with Gasteiger partial charge in [-0.05, 0) is 31.9 Å². The van der Waals surface area contributed by atoms with Crippen molar-refractivity contribution in [1.29, 1.82) is 0 Å². The molecule has 0 aliphatic carbocycles. The lowest BCUT2D eigenvalue weighted by atomic mass is 10.1. The Kier molecular flexibility index (Phi) is 24.0. The van der Waals surface area contributed by atoms with E-state index < -0.39 is 20.1 Å². The molecule has 0 spiro atoms. The molecule has 1 N–H and O–H groups in total. The first kappa shape index (κ1) is 34.8. The van der Waals surface area contributed by atoms with E-state index in [2.05, 4.69) is 18.4 Å². The van der Waals surface area contributed by atoms with E-state index in [1.807, 2.05) is 25.6 Å². The van der Waals surface area contributed by atoms with E-state index in [9.17, 15) is 9.36 Å². The fourth-order valence-electron chi connectivity index (χ4n) is 4.05. The Labute approximate surface area is 220 Å². The molecule has 0 aromatic carbocycles. The number of phosphoric ester groups is 1. The molecule has 0 aromatic rings. The van der Waals surface area contributed by atoms with Gasteiger partial charge in [0.1, 0.15) is 0 Å². The van der Waals surface area contributed by atoms with Crippen LogP contribution in [0.25, 0.3) is 0 Å². The SMILES string of the molecule is CCCCCCCCCCCCSC(CCCCCCCC)C(C)OP(=O)(OCCC)OC(=O)O. The molecule has 0 aromatic heterocycles. The molecule has 0 aliphatic heterocycles. The van der Waals surface area contributed by atoms with E-state index in [4.69, 9.17) is 14.2 Å². The van der Waals surface area contributed by atoms with Crippen molar-refractivity contribution in [1.82, 2.24) is 0 Å². The van der Waals surface area contributed by atoms with E-state index in [-0.39, 0.29) is 11.9 Å². The third-order valence-electron chi connectivity index (χ3n) is 6.13. The maximum absolute atomic E-state index is 12.8. The maximum Gasteiger partial charge on any atom is 0.534 e. The van der Waals surface area contributed by atoms with Gasteiger partial charge in [-0.1, -0.05) is 117 Å². The summed E-state index contributed by atoms with van der Waals surface area (Å²) in [6, 6.07) is 0. The van der Waals surface area contributed by atoms with Gasteiger partial charge in [0, 0.05) is 5.25 Å². The molecule has 3 atom stereocenters. The van der Waals surface area contributed by atoms with Crippen LogP contribution in [0.5, 0.6) is 0 Å². The highest BCUT2D eigenvalue weighted by Crippen LogP contribution is 2.52. The van der Waals surface area contributed by atoms with Crippen LogP contribution in [-0.2, 0) is 18.1 Å². The normalized spacial score (nSPS) is 15.0. The van der Waals surface area contributed by atoms with Crippen molar-refractivity contribution in [3.05, 3.63) is 0 Å². The number of carbonyl (C=O) groups is 1. The van der Waals surface area contributed by atoms with Gasteiger partial charge in [-0.2, -0.15) is 11.8 Å². The van der Waals surface area contributed by atoms with Crippen molar-refractivity contribution in [3.8, 4) is 0 Å². The molecular formula is C27H55O6PS. The smallest absolute Gasteiger partial charge is 0.449 e.